The Balaban J connectivity index is 1.94. The second kappa shape index (κ2) is 8.07. The Labute approximate surface area is 159 Å². The molecule has 2 amide bonds. The molecule has 2 aromatic rings. The molecule has 0 unspecified atom stereocenters. The van der Waals surface area contributed by atoms with Gasteiger partial charge in [0.25, 0.3) is 0 Å². The van der Waals surface area contributed by atoms with E-state index in [4.69, 9.17) is 0 Å². The van der Waals surface area contributed by atoms with E-state index < -0.39 is 25.9 Å². The number of urea groups is 1. The first-order valence-electron chi connectivity index (χ1n) is 7.86. The molecule has 27 heavy (non-hydrogen) atoms. The van der Waals surface area contributed by atoms with Crippen molar-refractivity contribution in [1.82, 2.24) is 9.62 Å². The van der Waals surface area contributed by atoms with Gasteiger partial charge in [0.05, 0.1) is 9.79 Å². The van der Waals surface area contributed by atoms with Gasteiger partial charge < -0.3 is 10.6 Å². The third-order valence-corrected chi connectivity index (χ3v) is 6.65. The fourth-order valence-corrected chi connectivity index (χ4v) is 3.67. The molecule has 0 saturated carbocycles. The number of rotatable bonds is 6. The van der Waals surface area contributed by atoms with E-state index in [2.05, 4.69) is 10.6 Å². The number of carbonyl (C=O) groups is 1. The molecular weight excluding hydrogens is 390 g/mol. The van der Waals surface area contributed by atoms with Crippen molar-refractivity contribution in [2.24, 2.45) is 0 Å². The summed E-state index contributed by atoms with van der Waals surface area (Å²) in [5, 5.41) is 5.24. The van der Waals surface area contributed by atoms with Crippen LogP contribution in [0.1, 0.15) is 5.56 Å². The molecule has 0 heterocycles. The predicted molar refractivity (Wildman–Crippen MR) is 103 cm³/mol. The summed E-state index contributed by atoms with van der Waals surface area (Å²) in [6.07, 6.45) is 1.11. The maximum Gasteiger partial charge on any atom is 0.319 e. The van der Waals surface area contributed by atoms with Crippen LogP contribution in [0.15, 0.2) is 58.3 Å². The lowest BCUT2D eigenvalue weighted by Crippen LogP contribution is -2.28. The van der Waals surface area contributed by atoms with Crippen molar-refractivity contribution in [3.63, 3.8) is 0 Å². The monoisotopic (exact) mass is 411 g/mol. The van der Waals surface area contributed by atoms with E-state index in [-0.39, 0.29) is 16.3 Å². The second-order valence-corrected chi connectivity index (χ2v) is 10.2. The smallest absolute Gasteiger partial charge is 0.319 e. The standard InChI is InChI=1S/C17H21N3O5S2/c1-20(2)27(24,25)16-8-4-13(5-9-16)12-18-17(21)19-14-6-10-15(11-7-14)26(3,22)23/h4-11H,12H2,1-3H3,(H2,18,19,21). The van der Waals surface area contributed by atoms with Crippen molar-refractivity contribution in [1.29, 1.82) is 0 Å². The van der Waals surface area contributed by atoms with Crippen molar-refractivity contribution < 1.29 is 21.6 Å². The minimum Gasteiger partial charge on any atom is -0.334 e. The van der Waals surface area contributed by atoms with Crippen LogP contribution in [-0.4, -0.2) is 47.5 Å². The SMILES string of the molecule is CN(C)S(=O)(=O)c1ccc(CNC(=O)Nc2ccc(S(C)(=O)=O)cc2)cc1. The summed E-state index contributed by atoms with van der Waals surface area (Å²) in [5.41, 5.74) is 1.18. The van der Waals surface area contributed by atoms with Gasteiger partial charge in [-0.3, -0.25) is 0 Å². The maximum atomic E-state index is 12.0. The van der Waals surface area contributed by atoms with Crippen LogP contribution in [0.5, 0.6) is 0 Å². The highest BCUT2D eigenvalue weighted by atomic mass is 32.2. The number of carbonyl (C=O) groups excluding carboxylic acids is 1. The summed E-state index contributed by atoms with van der Waals surface area (Å²) in [6, 6.07) is 11.6. The van der Waals surface area contributed by atoms with E-state index in [1.54, 1.807) is 12.1 Å². The highest BCUT2D eigenvalue weighted by Gasteiger charge is 2.16. The van der Waals surface area contributed by atoms with Gasteiger partial charge in [-0.15, -0.1) is 0 Å². The van der Waals surface area contributed by atoms with Gasteiger partial charge in [-0.2, -0.15) is 0 Å². The first kappa shape index (κ1) is 20.9. The summed E-state index contributed by atoms with van der Waals surface area (Å²) in [7, 11) is -3.87. The van der Waals surface area contributed by atoms with Crippen LogP contribution in [0, 0.1) is 0 Å². The molecule has 2 rings (SSSR count). The maximum absolute atomic E-state index is 12.0. The van der Waals surface area contributed by atoms with E-state index in [1.165, 1.54) is 50.5 Å². The van der Waals surface area contributed by atoms with Crippen molar-refractivity contribution >= 4 is 31.6 Å². The van der Waals surface area contributed by atoms with Crippen molar-refractivity contribution in [3.05, 3.63) is 54.1 Å². The van der Waals surface area contributed by atoms with Crippen LogP contribution in [0.2, 0.25) is 0 Å². The van der Waals surface area contributed by atoms with E-state index in [0.29, 0.717) is 5.69 Å². The van der Waals surface area contributed by atoms with Crippen LogP contribution >= 0.6 is 0 Å². The van der Waals surface area contributed by atoms with Crippen molar-refractivity contribution in [3.8, 4) is 0 Å². The van der Waals surface area contributed by atoms with Crippen molar-refractivity contribution in [2.75, 3.05) is 25.7 Å². The highest BCUT2D eigenvalue weighted by Crippen LogP contribution is 2.15. The van der Waals surface area contributed by atoms with Crippen LogP contribution in [0.3, 0.4) is 0 Å². The molecule has 0 radical (unpaired) electrons. The molecule has 0 spiro atoms. The number of amides is 2. The molecule has 0 aliphatic carbocycles. The molecule has 0 aliphatic rings. The molecule has 2 aromatic carbocycles. The normalized spacial score (nSPS) is 12.0. The van der Waals surface area contributed by atoms with Crippen LogP contribution < -0.4 is 10.6 Å². The van der Waals surface area contributed by atoms with E-state index >= 15 is 0 Å². The summed E-state index contributed by atoms with van der Waals surface area (Å²) in [5.74, 6) is 0. The average Bonchev–Trinajstić information content (AvgIpc) is 2.60. The Morgan fingerprint density at radius 1 is 0.889 bits per heavy atom. The minimum atomic E-state index is -3.49. The average molecular weight is 412 g/mol. The molecule has 0 saturated heterocycles. The summed E-state index contributed by atoms with van der Waals surface area (Å²) in [4.78, 5) is 12.3. The Hall–Kier alpha value is -2.43. The van der Waals surface area contributed by atoms with Gasteiger partial charge in [0.15, 0.2) is 9.84 Å². The predicted octanol–water partition coefficient (Wildman–Crippen LogP) is 1.66. The third-order valence-electron chi connectivity index (χ3n) is 3.70. The van der Waals surface area contributed by atoms with Crippen molar-refractivity contribution in [2.45, 2.75) is 16.3 Å². The second-order valence-electron chi connectivity index (χ2n) is 6.04. The molecular formula is C17H21N3O5S2. The van der Waals surface area contributed by atoms with Crippen LogP contribution in [0.4, 0.5) is 10.5 Å². The fourth-order valence-electron chi connectivity index (χ4n) is 2.13. The Morgan fingerprint density at radius 2 is 1.41 bits per heavy atom. The number of hydrogen-bond acceptors (Lipinski definition) is 5. The quantitative estimate of drug-likeness (QED) is 0.751. The lowest BCUT2D eigenvalue weighted by atomic mass is 10.2. The van der Waals surface area contributed by atoms with E-state index in [9.17, 15) is 21.6 Å². The Morgan fingerprint density at radius 3 is 1.89 bits per heavy atom. The van der Waals surface area contributed by atoms with Crippen LogP contribution in [-0.2, 0) is 26.4 Å². The number of hydrogen-bond donors (Lipinski definition) is 2. The first-order valence-corrected chi connectivity index (χ1v) is 11.2. The number of sulfone groups is 1. The zero-order chi connectivity index (χ0) is 20.2. The molecule has 0 atom stereocenters. The topological polar surface area (TPSA) is 113 Å². The zero-order valence-corrected chi connectivity index (χ0v) is 16.8. The number of sulfonamides is 1. The molecule has 146 valence electrons. The van der Waals surface area contributed by atoms with Gasteiger partial charge in [0.2, 0.25) is 10.0 Å². The molecule has 10 heteroatoms. The zero-order valence-electron chi connectivity index (χ0n) is 15.1. The largest absolute Gasteiger partial charge is 0.334 e. The summed E-state index contributed by atoms with van der Waals surface area (Å²) < 4.78 is 48.0. The van der Waals surface area contributed by atoms with Crippen LogP contribution in [0.25, 0.3) is 0 Å². The minimum absolute atomic E-state index is 0.168. The highest BCUT2D eigenvalue weighted by molar-refractivity contribution is 7.90. The molecule has 0 fully saturated rings. The Bertz CT molecular complexity index is 1010. The molecule has 8 nitrogen and oxygen atoms in total. The molecule has 2 N–H and O–H groups in total. The first-order chi connectivity index (χ1) is 12.5. The summed E-state index contributed by atoms with van der Waals surface area (Å²) >= 11 is 0. The van der Waals surface area contributed by atoms with Gasteiger partial charge in [-0.25, -0.2) is 25.9 Å². The lowest BCUT2D eigenvalue weighted by molar-refractivity contribution is 0.251. The van der Waals surface area contributed by atoms with Gasteiger partial charge >= 0.3 is 6.03 Å². The van der Waals surface area contributed by atoms with Gasteiger partial charge in [-0.05, 0) is 42.0 Å². The summed E-state index contributed by atoms with van der Waals surface area (Å²) in [6.45, 7) is 0.204. The lowest BCUT2D eigenvalue weighted by Gasteiger charge is -2.12. The fraction of sp³-hybridized carbons (Fsp3) is 0.235. The third kappa shape index (κ3) is 5.52. The molecule has 0 aliphatic heterocycles. The number of nitrogens with one attached hydrogen (secondary N) is 2. The number of anilines is 1. The van der Waals surface area contributed by atoms with E-state index in [1.807, 2.05) is 0 Å². The Kier molecular flexibility index (Phi) is 6.24. The molecule has 0 aromatic heterocycles. The van der Waals surface area contributed by atoms with E-state index in [0.717, 1.165) is 16.1 Å². The van der Waals surface area contributed by atoms with Gasteiger partial charge in [0.1, 0.15) is 0 Å². The number of benzene rings is 2. The molecule has 0 bridgehead atoms. The van der Waals surface area contributed by atoms with Gasteiger partial charge in [0, 0.05) is 32.6 Å². The number of nitrogens with zero attached hydrogens (tertiary/aromatic N) is 1. The van der Waals surface area contributed by atoms with Gasteiger partial charge in [-0.1, -0.05) is 12.1 Å².